The molecule has 2 aliphatic heterocycles. The van der Waals surface area contributed by atoms with Crippen molar-refractivity contribution >= 4 is 16.8 Å². The molecule has 1 spiro atoms. The molecule has 0 N–H and O–H groups in total. The zero-order valence-corrected chi connectivity index (χ0v) is 19.3. The van der Waals surface area contributed by atoms with Crippen molar-refractivity contribution in [2.75, 3.05) is 26.7 Å². The standard InChI is InChI=1S/C28H31N3O2/c1-33-25-8-4-7-21-9-10-23(29-26(21)25)19-30-15-12-28(13-16-30)17-24(28)27(32)31-14-11-20-5-2-3-6-22(20)18-31/h2-10,24H,11-19H2,1H3. The maximum Gasteiger partial charge on any atom is 0.226 e. The molecule has 2 aromatic carbocycles. The molecule has 3 aromatic rings. The monoisotopic (exact) mass is 441 g/mol. The van der Waals surface area contributed by atoms with E-state index in [0.717, 1.165) is 80.8 Å². The Balaban J connectivity index is 1.07. The summed E-state index contributed by atoms with van der Waals surface area (Å²) in [7, 11) is 1.70. The number of amides is 1. The van der Waals surface area contributed by atoms with Crippen LogP contribution < -0.4 is 4.74 Å². The SMILES string of the molecule is COc1cccc2ccc(CN3CCC4(CC3)CC4C(=O)N3CCc4ccccc4C3)nc12. The summed E-state index contributed by atoms with van der Waals surface area (Å²) >= 11 is 0. The van der Waals surface area contributed by atoms with Gasteiger partial charge in [-0.2, -0.15) is 0 Å². The van der Waals surface area contributed by atoms with Crippen molar-refractivity contribution in [1.29, 1.82) is 0 Å². The van der Waals surface area contributed by atoms with E-state index in [4.69, 9.17) is 9.72 Å². The molecule has 1 unspecified atom stereocenters. The highest BCUT2D eigenvalue weighted by Crippen LogP contribution is 2.60. The van der Waals surface area contributed by atoms with Gasteiger partial charge >= 0.3 is 0 Å². The Hall–Kier alpha value is -2.92. The topological polar surface area (TPSA) is 45.7 Å². The Bertz CT molecular complexity index is 1200. The van der Waals surface area contributed by atoms with Gasteiger partial charge in [-0.3, -0.25) is 9.69 Å². The zero-order valence-electron chi connectivity index (χ0n) is 19.3. The molecule has 5 heteroatoms. The number of methoxy groups -OCH3 is 1. The van der Waals surface area contributed by atoms with Gasteiger partial charge in [-0.25, -0.2) is 4.98 Å². The number of likely N-dealkylation sites (tertiary alicyclic amines) is 1. The van der Waals surface area contributed by atoms with Gasteiger partial charge in [0.25, 0.3) is 0 Å². The predicted octanol–water partition coefficient (Wildman–Crippen LogP) is 4.43. The molecule has 1 aliphatic carbocycles. The molecule has 6 rings (SSSR count). The number of rotatable bonds is 4. The van der Waals surface area contributed by atoms with Crippen LogP contribution >= 0.6 is 0 Å². The summed E-state index contributed by atoms with van der Waals surface area (Å²) in [4.78, 5) is 22.8. The van der Waals surface area contributed by atoms with E-state index in [-0.39, 0.29) is 11.3 Å². The normalized spacial score (nSPS) is 21.7. The second kappa shape index (κ2) is 8.14. The van der Waals surface area contributed by atoms with Gasteiger partial charge in [0.05, 0.1) is 12.8 Å². The lowest BCUT2D eigenvalue weighted by Crippen LogP contribution is -2.40. The third-order valence-electron chi connectivity index (χ3n) is 8.13. The number of carbonyl (C=O) groups is 1. The number of hydrogen-bond acceptors (Lipinski definition) is 4. The second-order valence-corrected chi connectivity index (χ2v) is 10.0. The summed E-state index contributed by atoms with van der Waals surface area (Å²) < 4.78 is 5.50. The van der Waals surface area contributed by atoms with Gasteiger partial charge < -0.3 is 9.64 Å². The van der Waals surface area contributed by atoms with Crippen LogP contribution in [0.4, 0.5) is 0 Å². The van der Waals surface area contributed by atoms with E-state index in [2.05, 4.69) is 52.3 Å². The number of benzene rings is 2. The fourth-order valence-electron chi connectivity index (χ4n) is 5.95. The smallest absolute Gasteiger partial charge is 0.226 e. The van der Waals surface area contributed by atoms with Gasteiger partial charge in [0, 0.05) is 30.9 Å². The molecule has 3 heterocycles. The van der Waals surface area contributed by atoms with Crippen LogP contribution in [0.2, 0.25) is 0 Å². The number of fused-ring (bicyclic) bond motifs is 2. The van der Waals surface area contributed by atoms with Crippen molar-refractivity contribution in [3.8, 4) is 5.75 Å². The highest BCUT2D eigenvalue weighted by atomic mass is 16.5. The van der Waals surface area contributed by atoms with Gasteiger partial charge in [0.1, 0.15) is 11.3 Å². The van der Waals surface area contributed by atoms with E-state index >= 15 is 0 Å². The fraction of sp³-hybridized carbons (Fsp3) is 0.429. The number of carbonyl (C=O) groups excluding carboxylic acids is 1. The highest BCUT2D eigenvalue weighted by Gasteiger charge is 2.59. The molecule has 1 saturated heterocycles. The third-order valence-corrected chi connectivity index (χ3v) is 8.13. The van der Waals surface area contributed by atoms with E-state index in [1.807, 2.05) is 12.1 Å². The maximum atomic E-state index is 13.3. The minimum atomic E-state index is 0.230. The van der Waals surface area contributed by atoms with E-state index in [9.17, 15) is 4.79 Å². The van der Waals surface area contributed by atoms with Crippen molar-refractivity contribution in [3.63, 3.8) is 0 Å². The Labute approximate surface area is 195 Å². The van der Waals surface area contributed by atoms with Crippen molar-refractivity contribution in [2.45, 2.75) is 38.8 Å². The summed E-state index contributed by atoms with van der Waals surface area (Å²) in [6, 6.07) is 18.9. The summed E-state index contributed by atoms with van der Waals surface area (Å²) in [6.45, 7) is 4.58. The summed E-state index contributed by atoms with van der Waals surface area (Å²) in [5.74, 6) is 1.45. The largest absolute Gasteiger partial charge is 0.494 e. The van der Waals surface area contributed by atoms with Crippen LogP contribution in [0.1, 0.15) is 36.1 Å². The lowest BCUT2D eigenvalue weighted by molar-refractivity contribution is -0.134. The number of ether oxygens (including phenoxy) is 1. The van der Waals surface area contributed by atoms with Gasteiger partial charge in [0.2, 0.25) is 5.91 Å². The van der Waals surface area contributed by atoms with Crippen molar-refractivity contribution in [2.24, 2.45) is 11.3 Å². The van der Waals surface area contributed by atoms with Crippen LogP contribution in [-0.2, 0) is 24.3 Å². The summed E-state index contributed by atoms with van der Waals surface area (Å²) in [5.41, 5.74) is 4.98. The molecule has 0 radical (unpaired) electrons. The van der Waals surface area contributed by atoms with Gasteiger partial charge in [0.15, 0.2) is 0 Å². The Kier molecular flexibility index (Phi) is 5.10. The van der Waals surface area contributed by atoms with Crippen molar-refractivity contribution in [1.82, 2.24) is 14.8 Å². The molecule has 1 saturated carbocycles. The number of hydrogen-bond donors (Lipinski definition) is 0. The minimum Gasteiger partial charge on any atom is -0.494 e. The van der Waals surface area contributed by atoms with Gasteiger partial charge in [-0.05, 0) is 67.4 Å². The average Bonchev–Trinajstić information content (AvgIpc) is 3.57. The first-order chi connectivity index (χ1) is 16.1. The zero-order chi connectivity index (χ0) is 22.4. The number of para-hydroxylation sites is 1. The first-order valence-electron chi connectivity index (χ1n) is 12.2. The molecule has 0 bridgehead atoms. The van der Waals surface area contributed by atoms with Crippen LogP contribution in [0.5, 0.6) is 5.75 Å². The Morgan fingerprint density at radius 2 is 1.85 bits per heavy atom. The predicted molar refractivity (Wildman–Crippen MR) is 129 cm³/mol. The molecule has 3 aliphatic rings. The van der Waals surface area contributed by atoms with E-state index in [1.165, 1.54) is 11.1 Å². The minimum absolute atomic E-state index is 0.230. The molecule has 33 heavy (non-hydrogen) atoms. The highest BCUT2D eigenvalue weighted by molar-refractivity contribution is 5.84. The van der Waals surface area contributed by atoms with Crippen LogP contribution in [0.25, 0.3) is 10.9 Å². The fourth-order valence-corrected chi connectivity index (χ4v) is 5.95. The number of nitrogens with zero attached hydrogens (tertiary/aromatic N) is 3. The van der Waals surface area contributed by atoms with E-state index < -0.39 is 0 Å². The maximum absolute atomic E-state index is 13.3. The molecule has 170 valence electrons. The van der Waals surface area contributed by atoms with Crippen LogP contribution in [-0.4, -0.2) is 47.4 Å². The molecule has 1 atom stereocenters. The number of pyridine rings is 1. The van der Waals surface area contributed by atoms with Gasteiger partial charge in [-0.15, -0.1) is 0 Å². The van der Waals surface area contributed by atoms with Crippen molar-refractivity contribution in [3.05, 3.63) is 71.4 Å². The average molecular weight is 442 g/mol. The summed E-state index contributed by atoms with van der Waals surface area (Å²) in [6.07, 6.45) is 4.29. The van der Waals surface area contributed by atoms with Crippen LogP contribution in [0.3, 0.4) is 0 Å². The number of piperidine rings is 1. The third kappa shape index (κ3) is 3.78. The summed E-state index contributed by atoms with van der Waals surface area (Å²) in [5, 5.41) is 1.11. The van der Waals surface area contributed by atoms with Crippen LogP contribution in [0.15, 0.2) is 54.6 Å². The Morgan fingerprint density at radius 1 is 1.03 bits per heavy atom. The van der Waals surface area contributed by atoms with Crippen LogP contribution in [0, 0.1) is 11.3 Å². The lowest BCUT2D eigenvalue weighted by Gasteiger charge is -2.34. The molecule has 2 fully saturated rings. The van der Waals surface area contributed by atoms with Gasteiger partial charge in [-0.1, -0.05) is 42.5 Å². The van der Waals surface area contributed by atoms with Crippen molar-refractivity contribution < 1.29 is 9.53 Å². The molecule has 5 nitrogen and oxygen atoms in total. The quantitative estimate of drug-likeness (QED) is 0.601. The second-order valence-electron chi connectivity index (χ2n) is 10.0. The Morgan fingerprint density at radius 3 is 2.67 bits per heavy atom. The van der Waals surface area contributed by atoms with E-state index in [1.54, 1.807) is 7.11 Å². The van der Waals surface area contributed by atoms with E-state index in [0.29, 0.717) is 5.91 Å². The molecular formula is C28H31N3O2. The molecule has 1 amide bonds. The first-order valence-corrected chi connectivity index (χ1v) is 12.2. The molecule has 1 aromatic heterocycles. The first kappa shape index (κ1) is 20.7. The number of aromatic nitrogens is 1. The molecular weight excluding hydrogens is 410 g/mol. The lowest BCUT2D eigenvalue weighted by atomic mass is 9.90.